The maximum absolute atomic E-state index is 14.9. The number of hydrazine groups is 1. The highest BCUT2D eigenvalue weighted by molar-refractivity contribution is 8.15. The van der Waals surface area contributed by atoms with Crippen LogP contribution in [0.2, 0.25) is 0 Å². The second-order valence-electron chi connectivity index (χ2n) is 10.1. The molecule has 0 aliphatic carbocycles. The van der Waals surface area contributed by atoms with Gasteiger partial charge in [0.1, 0.15) is 24.1 Å². The van der Waals surface area contributed by atoms with Crippen molar-refractivity contribution >= 4 is 52.3 Å². The van der Waals surface area contributed by atoms with Crippen LogP contribution in [0.15, 0.2) is 70.6 Å². The number of halogens is 4. The van der Waals surface area contributed by atoms with E-state index < -0.39 is 18.2 Å². The van der Waals surface area contributed by atoms with E-state index in [1.54, 1.807) is 18.2 Å². The first-order chi connectivity index (χ1) is 21.5. The molecule has 0 bridgehead atoms. The molecule has 0 spiro atoms. The molecule has 10 nitrogen and oxygen atoms in total. The fraction of sp³-hybridized carbons (Fsp3) is 0.267. The van der Waals surface area contributed by atoms with Crippen molar-refractivity contribution < 1.29 is 36.6 Å². The molecule has 236 valence electrons. The minimum absolute atomic E-state index is 0.0641. The van der Waals surface area contributed by atoms with Gasteiger partial charge in [0.2, 0.25) is 5.91 Å². The Kier molecular flexibility index (Phi) is 9.70. The van der Waals surface area contributed by atoms with Crippen LogP contribution >= 0.6 is 11.8 Å². The molecular weight excluding hydrogens is 616 g/mol. The minimum Gasteiger partial charge on any atom is -0.406 e. The van der Waals surface area contributed by atoms with Crippen LogP contribution in [0, 0.1) is 12.7 Å². The molecule has 1 fully saturated rings. The molecule has 0 radical (unpaired) electrons. The maximum atomic E-state index is 14.9. The molecule has 2 aliphatic heterocycles. The number of hydrogen-bond donors (Lipinski definition) is 2. The molecule has 3 amide bonds. The van der Waals surface area contributed by atoms with Gasteiger partial charge in [-0.05, 0) is 73.4 Å². The second-order valence-corrected chi connectivity index (χ2v) is 11.0. The lowest BCUT2D eigenvalue weighted by atomic mass is 10.1. The average molecular weight is 645 g/mol. The van der Waals surface area contributed by atoms with E-state index in [1.807, 2.05) is 25.1 Å². The van der Waals surface area contributed by atoms with Gasteiger partial charge < -0.3 is 14.8 Å². The smallest absolute Gasteiger partial charge is 0.406 e. The molecule has 0 aromatic heterocycles. The number of carbonyl (C=O) groups excluding carboxylic acids is 2. The normalized spacial score (nSPS) is 17.4. The van der Waals surface area contributed by atoms with Gasteiger partial charge in [0, 0.05) is 12.7 Å². The predicted octanol–water partition coefficient (Wildman–Crippen LogP) is 6.16. The van der Waals surface area contributed by atoms with Crippen LogP contribution in [0.5, 0.6) is 5.75 Å². The Balaban J connectivity index is 1.17. The van der Waals surface area contributed by atoms with E-state index in [9.17, 15) is 27.2 Å². The number of alkyl halides is 3. The molecule has 2 aliphatic rings. The Morgan fingerprint density at radius 3 is 2.64 bits per heavy atom. The first-order valence-electron chi connectivity index (χ1n) is 13.7. The summed E-state index contributed by atoms with van der Waals surface area (Å²) in [5, 5.41) is 4.20. The number of ether oxygens (including phenoxy) is 2. The van der Waals surface area contributed by atoms with E-state index in [0.29, 0.717) is 29.8 Å². The summed E-state index contributed by atoms with van der Waals surface area (Å²) in [6.07, 6.45) is -2.66. The van der Waals surface area contributed by atoms with Gasteiger partial charge >= 0.3 is 12.4 Å². The summed E-state index contributed by atoms with van der Waals surface area (Å²) in [7, 11) is 1.55. The van der Waals surface area contributed by atoms with E-state index in [1.165, 1.54) is 47.6 Å². The highest BCUT2D eigenvalue weighted by atomic mass is 32.2. The van der Waals surface area contributed by atoms with Crippen molar-refractivity contribution in [1.29, 1.82) is 0 Å². The van der Waals surface area contributed by atoms with Gasteiger partial charge in [0.05, 0.1) is 29.4 Å². The van der Waals surface area contributed by atoms with Gasteiger partial charge in [-0.1, -0.05) is 30.0 Å². The molecule has 0 saturated carbocycles. The molecule has 15 heteroatoms. The van der Waals surface area contributed by atoms with Crippen molar-refractivity contribution in [1.82, 2.24) is 5.43 Å². The highest BCUT2D eigenvalue weighted by Gasteiger charge is 2.33. The number of carbonyl (C=O) groups is 2. The SMILES string of the molecule is COCc1ccc(C)cc1N1C(=O)CS/C1=N\C(=O)Nc1ccc(CCC2N=CN(c3ccc(OC(F)(F)F)cc3)N2)cc1F. The van der Waals surface area contributed by atoms with Crippen LogP contribution < -0.4 is 25.4 Å². The highest BCUT2D eigenvalue weighted by Crippen LogP contribution is 2.31. The number of aliphatic imine (C=N–C) groups is 2. The lowest BCUT2D eigenvalue weighted by Gasteiger charge is -2.20. The number of nitrogens with zero attached hydrogens (tertiary/aromatic N) is 4. The summed E-state index contributed by atoms with van der Waals surface area (Å²) in [4.78, 5) is 35.3. The van der Waals surface area contributed by atoms with E-state index in [2.05, 4.69) is 25.5 Å². The fourth-order valence-electron chi connectivity index (χ4n) is 4.65. The van der Waals surface area contributed by atoms with Gasteiger partial charge in [-0.2, -0.15) is 4.99 Å². The lowest BCUT2D eigenvalue weighted by Crippen LogP contribution is -2.37. The molecule has 2 heterocycles. The molecule has 1 unspecified atom stereocenters. The van der Waals surface area contributed by atoms with Gasteiger partial charge in [-0.3, -0.25) is 19.7 Å². The summed E-state index contributed by atoms with van der Waals surface area (Å²) < 4.78 is 61.2. The Labute approximate surface area is 260 Å². The summed E-state index contributed by atoms with van der Waals surface area (Å²) in [6, 6.07) is 14.5. The first kappa shape index (κ1) is 31.9. The average Bonchev–Trinajstić information content (AvgIpc) is 3.60. The summed E-state index contributed by atoms with van der Waals surface area (Å²) in [5.41, 5.74) is 6.52. The van der Waals surface area contributed by atoms with Crippen molar-refractivity contribution in [2.24, 2.45) is 9.98 Å². The lowest BCUT2D eigenvalue weighted by molar-refractivity contribution is -0.274. The number of aryl methyl sites for hydroxylation is 2. The molecule has 1 saturated heterocycles. The zero-order chi connectivity index (χ0) is 32.1. The number of benzene rings is 3. The van der Waals surface area contributed by atoms with Crippen molar-refractivity contribution in [3.05, 3.63) is 83.2 Å². The van der Waals surface area contributed by atoms with E-state index in [4.69, 9.17) is 4.74 Å². The Morgan fingerprint density at radius 2 is 1.93 bits per heavy atom. The standard InChI is InChI=1S/C30H28F4N6O4S/c1-18-3-6-20(15-43-2)25(13-18)40-27(41)16-45-29(40)37-28(42)36-24-11-4-19(14-23(24)31)5-12-26-35-17-39(38-26)21-7-9-22(10-8-21)44-30(32,33)34/h3-4,6-11,13-14,17,26,38H,5,12,15-16H2,1-2H3,(H,36,42)/b37-29-. The number of hydrogen-bond acceptors (Lipinski definition) is 8. The van der Waals surface area contributed by atoms with Gasteiger partial charge in [-0.25, -0.2) is 14.6 Å². The zero-order valence-corrected chi connectivity index (χ0v) is 24.9. The first-order valence-corrected chi connectivity index (χ1v) is 14.6. The van der Waals surface area contributed by atoms with Crippen molar-refractivity contribution in [2.45, 2.75) is 38.9 Å². The Morgan fingerprint density at radius 1 is 1.16 bits per heavy atom. The number of urea groups is 1. The fourth-order valence-corrected chi connectivity index (χ4v) is 5.51. The molecule has 3 aromatic rings. The van der Waals surface area contributed by atoms with E-state index in [0.717, 1.165) is 22.9 Å². The van der Waals surface area contributed by atoms with Gasteiger partial charge in [-0.15, -0.1) is 13.2 Å². The number of thioether (sulfide) groups is 1. The van der Waals surface area contributed by atoms with Crippen LogP contribution in [-0.2, 0) is 22.6 Å². The predicted molar refractivity (Wildman–Crippen MR) is 164 cm³/mol. The topological polar surface area (TPSA) is 108 Å². The van der Waals surface area contributed by atoms with Crippen LogP contribution in [-0.4, -0.2) is 48.8 Å². The van der Waals surface area contributed by atoms with Gasteiger partial charge in [0.15, 0.2) is 5.17 Å². The van der Waals surface area contributed by atoms with Crippen molar-refractivity contribution in [3.8, 4) is 5.75 Å². The number of rotatable bonds is 9. The quantitative estimate of drug-likeness (QED) is 0.269. The van der Waals surface area contributed by atoms with Crippen molar-refractivity contribution in [2.75, 3.05) is 28.1 Å². The molecule has 5 rings (SSSR count). The van der Waals surface area contributed by atoms with Crippen LogP contribution in [0.3, 0.4) is 0 Å². The summed E-state index contributed by atoms with van der Waals surface area (Å²) in [6.45, 7) is 2.15. The molecule has 3 aromatic carbocycles. The molecule has 45 heavy (non-hydrogen) atoms. The van der Waals surface area contributed by atoms with Gasteiger partial charge in [0.25, 0.3) is 0 Å². The third-order valence-electron chi connectivity index (χ3n) is 6.72. The van der Waals surface area contributed by atoms with Crippen molar-refractivity contribution in [3.63, 3.8) is 0 Å². The number of anilines is 3. The second kappa shape index (κ2) is 13.7. The van der Waals surface area contributed by atoms with E-state index >= 15 is 0 Å². The number of amides is 3. The third-order valence-corrected chi connectivity index (χ3v) is 7.65. The summed E-state index contributed by atoms with van der Waals surface area (Å²) >= 11 is 1.11. The van der Waals surface area contributed by atoms with Crippen LogP contribution in [0.25, 0.3) is 0 Å². The monoisotopic (exact) mass is 644 g/mol. The number of nitrogens with one attached hydrogen (secondary N) is 2. The number of amidine groups is 1. The minimum atomic E-state index is -4.77. The molecule has 1 atom stereocenters. The van der Waals surface area contributed by atoms with Crippen LogP contribution in [0.4, 0.5) is 39.4 Å². The Hall–Kier alpha value is -4.47. The molecular formula is C30H28F4N6O4S. The van der Waals surface area contributed by atoms with E-state index in [-0.39, 0.29) is 41.0 Å². The number of methoxy groups -OCH3 is 1. The maximum Gasteiger partial charge on any atom is 0.573 e. The third kappa shape index (κ3) is 8.17. The zero-order valence-electron chi connectivity index (χ0n) is 24.1. The Bertz CT molecular complexity index is 1630. The largest absolute Gasteiger partial charge is 0.573 e. The molecule has 2 N–H and O–H groups in total. The van der Waals surface area contributed by atoms with Crippen LogP contribution in [0.1, 0.15) is 23.1 Å². The summed E-state index contributed by atoms with van der Waals surface area (Å²) in [5.74, 6) is -1.11.